The summed E-state index contributed by atoms with van der Waals surface area (Å²) in [5.74, 6) is -2.12. The van der Waals surface area contributed by atoms with Gasteiger partial charge in [0.25, 0.3) is 0 Å². The van der Waals surface area contributed by atoms with Crippen LogP contribution in [0, 0.1) is 0 Å². The molecule has 0 saturated carbocycles. The van der Waals surface area contributed by atoms with Gasteiger partial charge in [-0.3, -0.25) is 0 Å². The number of anilines is 4. The van der Waals surface area contributed by atoms with Gasteiger partial charge in [0.1, 0.15) is 73.3 Å². The molecule has 5 rings (SSSR count). The van der Waals surface area contributed by atoms with Crippen molar-refractivity contribution < 1.29 is 218 Å². The summed E-state index contributed by atoms with van der Waals surface area (Å²) in [5.41, 5.74) is 5.61. The first kappa shape index (κ1) is 61.4. The second-order valence-corrected chi connectivity index (χ2v) is 17.8. The van der Waals surface area contributed by atoms with Crippen molar-refractivity contribution in [3.05, 3.63) is 53.8 Å². The van der Waals surface area contributed by atoms with Gasteiger partial charge in [-0.1, -0.05) is 0 Å². The minimum Gasteiger partial charge on any atom is -0.744 e. The van der Waals surface area contributed by atoms with Crippen LogP contribution >= 0.6 is 11.6 Å². The van der Waals surface area contributed by atoms with E-state index in [9.17, 15) is 70.0 Å². The molecule has 302 valence electrons. The van der Waals surface area contributed by atoms with Crippen LogP contribution in [0.25, 0.3) is 10.8 Å². The summed E-state index contributed by atoms with van der Waals surface area (Å²) in [6.07, 6.45) is 0. The number of aromatic hydroxyl groups is 1. The van der Waals surface area contributed by atoms with Gasteiger partial charge in [-0.25, -0.2) is 42.1 Å². The molecule has 4 aromatic carbocycles. The van der Waals surface area contributed by atoms with Gasteiger partial charge < -0.3 is 44.7 Å². The fraction of sp³-hybridized carbons (Fsp3) is 0. The molecule has 26 nitrogen and oxygen atoms in total. The molecular formula is C25H14ClN10Na5O16S5. The standard InChI is InChI=1S/C25H19ClN10O16S5.5Na/c26-23-30-24(28)32-25(31-23)29-10-1-3-14(54(41,42)43)12(7-10)33-36-21-17(57(50,51)52)6-9-5-16(56(47,48)49)20(19(27)18(9)22(21)37)35-34-13-8-11(53(38,39)40)2-4-15(13)55(44,45)46;;;;;/h1-8,37H,27H2,(H,38,39,40)(H,41,42,43)(H,44,45,46)(H,47,48,49)(H,50,51,52)(H3,28,29,30,31,32);;;;;/q;5*+1/p-5. The molecule has 0 bridgehead atoms. The summed E-state index contributed by atoms with van der Waals surface area (Å²) in [6, 6.07) is 4.19. The second-order valence-electron chi connectivity index (χ2n) is 10.7. The van der Waals surface area contributed by atoms with Crippen molar-refractivity contribution in [2.45, 2.75) is 24.5 Å². The van der Waals surface area contributed by atoms with E-state index in [1.807, 2.05) is 0 Å². The monoisotopic (exact) mass is 1020 g/mol. The molecule has 0 amide bonds. The molecule has 0 spiro atoms. The van der Waals surface area contributed by atoms with E-state index in [4.69, 9.17) is 23.1 Å². The maximum atomic E-state index is 12.4. The molecule has 1 aromatic heterocycles. The average molecular weight is 1020 g/mol. The smallest absolute Gasteiger partial charge is 0.744 e. The predicted octanol–water partition coefficient (Wildman–Crippen LogP) is -13.3. The zero-order valence-corrected chi connectivity index (χ0v) is 46.7. The van der Waals surface area contributed by atoms with Gasteiger partial charge in [0.2, 0.25) is 17.2 Å². The van der Waals surface area contributed by atoms with Gasteiger partial charge in [-0.05, 0) is 65.5 Å². The zero-order valence-electron chi connectivity index (χ0n) is 31.9. The van der Waals surface area contributed by atoms with E-state index in [-0.39, 0.29) is 177 Å². The number of nitrogens with two attached hydrogens (primary N) is 2. The zero-order chi connectivity index (χ0) is 42.6. The number of nitrogens with one attached hydrogen (secondary N) is 1. The normalized spacial score (nSPS) is 12.1. The van der Waals surface area contributed by atoms with Crippen molar-refractivity contribution in [3.63, 3.8) is 0 Å². The van der Waals surface area contributed by atoms with E-state index in [0.29, 0.717) is 30.3 Å². The predicted molar refractivity (Wildman–Crippen MR) is 184 cm³/mol. The van der Waals surface area contributed by atoms with Crippen LogP contribution in [0.4, 0.5) is 46.0 Å². The molecule has 1 heterocycles. The van der Waals surface area contributed by atoms with Crippen LogP contribution in [-0.2, 0) is 50.6 Å². The molecule has 0 fully saturated rings. The molecule has 0 aliphatic heterocycles. The minimum absolute atomic E-state index is 0. The number of hydrogen-bond acceptors (Lipinski definition) is 26. The fourth-order valence-electron chi connectivity index (χ4n) is 4.68. The van der Waals surface area contributed by atoms with Gasteiger partial charge in [0, 0.05) is 5.69 Å². The number of fused-ring (bicyclic) bond motifs is 1. The Morgan fingerprint density at radius 1 is 0.565 bits per heavy atom. The Hall–Kier alpha value is -0.610. The van der Waals surface area contributed by atoms with Crippen LogP contribution in [0.2, 0.25) is 5.28 Å². The van der Waals surface area contributed by atoms with Crippen LogP contribution in [-0.4, -0.2) is 84.9 Å². The molecule has 0 aliphatic carbocycles. The summed E-state index contributed by atoms with van der Waals surface area (Å²) in [7, 11) is -27.8. The second kappa shape index (κ2) is 22.9. The number of nitrogens with zero attached hydrogens (tertiary/aromatic N) is 7. The van der Waals surface area contributed by atoms with Gasteiger partial charge in [-0.15, -0.1) is 20.5 Å². The van der Waals surface area contributed by atoms with Crippen LogP contribution < -0.4 is 165 Å². The first-order chi connectivity index (χ1) is 26.1. The number of phenolic OH excluding ortho intramolecular Hbond substituents is 1. The Kier molecular flexibility index (Phi) is 22.7. The quantitative estimate of drug-likeness (QED) is 0.0413. The minimum atomic E-state index is -5.77. The molecule has 0 radical (unpaired) electrons. The molecule has 0 unspecified atom stereocenters. The number of benzene rings is 4. The van der Waals surface area contributed by atoms with Crippen LogP contribution in [0.1, 0.15) is 0 Å². The molecule has 6 N–H and O–H groups in total. The van der Waals surface area contributed by atoms with E-state index in [2.05, 4.69) is 40.7 Å². The van der Waals surface area contributed by atoms with Crippen molar-refractivity contribution in [2.75, 3.05) is 16.8 Å². The SMILES string of the molecule is Nc1nc(Cl)nc(Nc2ccc(S(=O)(=O)[O-])c(N=Nc3c(S(=O)(=O)[O-])cc4cc(S(=O)(=O)[O-])c(N=Nc5cc(S(=O)(=O)[O-])ccc5S(=O)(=O)[O-])c(N)c4c3O)c2)n1.[Na+].[Na+].[Na+].[Na+].[Na+]. The number of halogens is 1. The van der Waals surface area contributed by atoms with Crippen molar-refractivity contribution in [2.24, 2.45) is 20.5 Å². The summed E-state index contributed by atoms with van der Waals surface area (Å²) in [6.45, 7) is 0. The summed E-state index contributed by atoms with van der Waals surface area (Å²) in [5, 5.41) is 25.4. The Bertz CT molecular complexity index is 3190. The van der Waals surface area contributed by atoms with Crippen molar-refractivity contribution >= 4 is 119 Å². The first-order valence-electron chi connectivity index (χ1n) is 14.0. The fourth-order valence-corrected chi connectivity index (χ4v) is 7.82. The number of phenols is 1. The molecule has 5 aromatic rings. The van der Waals surface area contributed by atoms with E-state index >= 15 is 0 Å². The number of rotatable bonds is 11. The molecule has 0 aliphatic rings. The Morgan fingerprint density at radius 3 is 1.48 bits per heavy atom. The van der Waals surface area contributed by atoms with Crippen molar-refractivity contribution in [1.82, 2.24) is 15.0 Å². The third-order valence-electron chi connectivity index (χ3n) is 6.97. The van der Waals surface area contributed by atoms with E-state index < -0.39 is 120 Å². The molecule has 0 saturated heterocycles. The summed E-state index contributed by atoms with van der Waals surface area (Å²) >= 11 is 5.73. The van der Waals surface area contributed by atoms with Gasteiger partial charge >= 0.3 is 148 Å². The topological polar surface area (TPSA) is 458 Å². The maximum absolute atomic E-state index is 12.4. The largest absolute Gasteiger partial charge is 1.00 e. The van der Waals surface area contributed by atoms with E-state index in [1.54, 1.807) is 0 Å². The van der Waals surface area contributed by atoms with Gasteiger partial charge in [-0.2, -0.15) is 15.0 Å². The van der Waals surface area contributed by atoms with E-state index in [0.717, 1.165) is 12.1 Å². The van der Waals surface area contributed by atoms with Gasteiger partial charge in [0.15, 0.2) is 5.75 Å². The Morgan fingerprint density at radius 2 is 1.02 bits per heavy atom. The third-order valence-corrected chi connectivity index (χ3v) is 11.4. The maximum Gasteiger partial charge on any atom is 1.00 e. The Labute approximate surface area is 465 Å². The van der Waals surface area contributed by atoms with Crippen molar-refractivity contribution in [1.29, 1.82) is 0 Å². The average Bonchev–Trinajstić information content (AvgIpc) is 3.04. The third kappa shape index (κ3) is 14.7. The molecular weight excluding hydrogens is 1010 g/mol. The van der Waals surface area contributed by atoms with Crippen molar-refractivity contribution in [3.8, 4) is 5.75 Å². The molecule has 37 heteroatoms. The number of aromatic nitrogens is 3. The Balaban J connectivity index is 0.00000744. The van der Waals surface area contributed by atoms with Crippen LogP contribution in [0.3, 0.4) is 0 Å². The summed E-state index contributed by atoms with van der Waals surface area (Å²) < 4.78 is 180. The van der Waals surface area contributed by atoms with Crippen LogP contribution in [0.15, 0.2) is 93.5 Å². The summed E-state index contributed by atoms with van der Waals surface area (Å²) in [4.78, 5) is 4.46. The van der Waals surface area contributed by atoms with E-state index in [1.165, 1.54) is 0 Å². The molecule has 0 atom stereocenters. The molecule has 62 heavy (non-hydrogen) atoms. The number of azo groups is 2. The van der Waals surface area contributed by atoms with Crippen LogP contribution in [0.5, 0.6) is 5.75 Å². The number of hydrogen-bond donors (Lipinski definition) is 4. The number of nitrogen functional groups attached to an aromatic ring is 2. The first-order valence-corrected chi connectivity index (χ1v) is 21.4. The van der Waals surface area contributed by atoms with Gasteiger partial charge in [0.05, 0.1) is 35.6 Å².